The van der Waals surface area contributed by atoms with Crippen LogP contribution in [0.25, 0.3) is 0 Å². The first-order valence-corrected chi connectivity index (χ1v) is 10.6. The lowest BCUT2D eigenvalue weighted by Gasteiger charge is -2.13. The van der Waals surface area contributed by atoms with Gasteiger partial charge in [-0.15, -0.1) is 0 Å². The maximum Gasteiger partial charge on any atom is 0.323 e. The third kappa shape index (κ3) is 5.49. The lowest BCUT2D eigenvalue weighted by Crippen LogP contribution is -2.20. The Morgan fingerprint density at radius 1 is 0.793 bits per heavy atom. The van der Waals surface area contributed by atoms with Gasteiger partial charge < -0.3 is 10.6 Å². The van der Waals surface area contributed by atoms with Gasteiger partial charge >= 0.3 is 6.03 Å². The van der Waals surface area contributed by atoms with Gasteiger partial charge in [0.1, 0.15) is 0 Å². The van der Waals surface area contributed by atoms with Gasteiger partial charge in [-0.25, -0.2) is 13.2 Å². The largest absolute Gasteiger partial charge is 0.323 e. The fourth-order valence-electron chi connectivity index (χ4n) is 2.63. The Balaban J connectivity index is 1.77. The number of hydrogen-bond acceptors (Lipinski definition) is 3. The zero-order valence-corrected chi connectivity index (χ0v) is 17.4. The first-order chi connectivity index (χ1) is 13.7. The van der Waals surface area contributed by atoms with Crippen LogP contribution in [-0.4, -0.2) is 14.4 Å². The standard InChI is InChI=1S/C21H20ClN3O3S/c1-14-3-8-17(9-4-14)23-21(26)24-19-10-5-15(2)20(13-19)29(27,28)25-18-11-6-16(22)7-12-18/h3-13,25H,1-2H3,(H2,23,24,26). The van der Waals surface area contributed by atoms with E-state index in [-0.39, 0.29) is 4.90 Å². The number of sulfonamides is 1. The molecule has 3 rings (SSSR count). The maximum absolute atomic E-state index is 12.8. The maximum atomic E-state index is 12.8. The third-order valence-corrected chi connectivity index (χ3v) is 5.92. The van der Waals surface area contributed by atoms with Crippen LogP contribution in [0.1, 0.15) is 11.1 Å². The number of benzene rings is 3. The van der Waals surface area contributed by atoms with Gasteiger partial charge in [-0.1, -0.05) is 35.4 Å². The SMILES string of the molecule is Cc1ccc(NC(=O)Nc2ccc(C)c(S(=O)(=O)Nc3ccc(Cl)cc3)c2)cc1. The summed E-state index contributed by atoms with van der Waals surface area (Å²) < 4.78 is 28.1. The van der Waals surface area contributed by atoms with Crippen LogP contribution in [0.2, 0.25) is 5.02 Å². The molecule has 0 heterocycles. The Hall–Kier alpha value is -3.03. The molecule has 0 fully saturated rings. The Labute approximate surface area is 175 Å². The highest BCUT2D eigenvalue weighted by Gasteiger charge is 2.18. The number of carbonyl (C=O) groups is 1. The van der Waals surface area contributed by atoms with Gasteiger partial charge in [-0.2, -0.15) is 0 Å². The molecule has 29 heavy (non-hydrogen) atoms. The Morgan fingerprint density at radius 3 is 2.00 bits per heavy atom. The number of halogens is 1. The molecule has 3 N–H and O–H groups in total. The molecule has 6 nitrogen and oxygen atoms in total. The van der Waals surface area contributed by atoms with Gasteiger partial charge in [0.2, 0.25) is 0 Å². The Kier molecular flexibility index (Phi) is 6.10. The molecule has 0 aliphatic carbocycles. The van der Waals surface area contributed by atoms with E-state index in [1.165, 1.54) is 6.07 Å². The van der Waals surface area contributed by atoms with E-state index < -0.39 is 16.1 Å². The predicted molar refractivity (Wildman–Crippen MR) is 117 cm³/mol. The lowest BCUT2D eigenvalue weighted by atomic mass is 10.2. The van der Waals surface area contributed by atoms with Gasteiger partial charge in [0.15, 0.2) is 0 Å². The van der Waals surface area contributed by atoms with Crippen molar-refractivity contribution >= 4 is 44.7 Å². The number of urea groups is 1. The minimum absolute atomic E-state index is 0.0700. The second kappa shape index (κ2) is 8.55. The van der Waals surface area contributed by atoms with E-state index >= 15 is 0 Å². The van der Waals surface area contributed by atoms with Crippen LogP contribution >= 0.6 is 11.6 Å². The van der Waals surface area contributed by atoms with Crippen molar-refractivity contribution in [2.24, 2.45) is 0 Å². The summed E-state index contributed by atoms with van der Waals surface area (Å²) in [6, 6.07) is 17.9. The summed E-state index contributed by atoms with van der Waals surface area (Å²) >= 11 is 5.84. The van der Waals surface area contributed by atoms with Crippen LogP contribution in [-0.2, 0) is 10.0 Å². The number of anilines is 3. The topological polar surface area (TPSA) is 87.3 Å². The summed E-state index contributed by atoms with van der Waals surface area (Å²) in [5.74, 6) is 0. The Morgan fingerprint density at radius 2 is 1.34 bits per heavy atom. The minimum atomic E-state index is -3.84. The van der Waals surface area contributed by atoms with E-state index in [4.69, 9.17) is 11.6 Å². The molecule has 0 unspecified atom stereocenters. The van der Waals surface area contributed by atoms with Crippen LogP contribution in [0.5, 0.6) is 0 Å². The number of hydrogen-bond donors (Lipinski definition) is 3. The third-order valence-electron chi connectivity index (χ3n) is 4.14. The summed E-state index contributed by atoms with van der Waals surface area (Å²) in [6.07, 6.45) is 0. The average molecular weight is 430 g/mol. The van der Waals surface area contributed by atoms with Crippen molar-refractivity contribution < 1.29 is 13.2 Å². The molecule has 0 radical (unpaired) electrons. The molecule has 0 saturated heterocycles. The van der Waals surface area contributed by atoms with Crippen molar-refractivity contribution in [2.45, 2.75) is 18.7 Å². The fraction of sp³-hybridized carbons (Fsp3) is 0.0952. The van der Waals surface area contributed by atoms with Gasteiger partial charge in [0.25, 0.3) is 10.0 Å². The van der Waals surface area contributed by atoms with Gasteiger partial charge in [-0.3, -0.25) is 4.72 Å². The minimum Gasteiger partial charge on any atom is -0.308 e. The van der Waals surface area contributed by atoms with Gasteiger partial charge in [0, 0.05) is 22.1 Å². The van der Waals surface area contributed by atoms with Crippen molar-refractivity contribution in [3.8, 4) is 0 Å². The number of nitrogens with one attached hydrogen (secondary N) is 3. The Bertz CT molecular complexity index is 1130. The van der Waals surface area contributed by atoms with Crippen molar-refractivity contribution in [3.63, 3.8) is 0 Å². The molecule has 0 atom stereocenters. The molecule has 0 aliphatic heterocycles. The molecule has 0 spiro atoms. The molecule has 0 aliphatic rings. The van der Waals surface area contributed by atoms with E-state index in [1.54, 1.807) is 55.5 Å². The summed E-state index contributed by atoms with van der Waals surface area (Å²) in [4.78, 5) is 12.3. The quantitative estimate of drug-likeness (QED) is 0.507. The van der Waals surface area contributed by atoms with Crippen molar-refractivity contribution in [2.75, 3.05) is 15.4 Å². The first-order valence-electron chi connectivity index (χ1n) is 8.77. The molecular formula is C21H20ClN3O3S. The number of carbonyl (C=O) groups excluding carboxylic acids is 1. The monoisotopic (exact) mass is 429 g/mol. The summed E-state index contributed by atoms with van der Waals surface area (Å²) in [5.41, 5.74) is 3.02. The normalized spacial score (nSPS) is 11.0. The second-order valence-electron chi connectivity index (χ2n) is 6.54. The van der Waals surface area contributed by atoms with Crippen LogP contribution in [0.15, 0.2) is 71.6 Å². The molecular weight excluding hydrogens is 410 g/mol. The summed E-state index contributed by atoms with van der Waals surface area (Å²) in [7, 11) is -3.84. The van der Waals surface area contributed by atoms with E-state index in [1.807, 2.05) is 19.1 Å². The average Bonchev–Trinajstić information content (AvgIpc) is 2.67. The highest BCUT2D eigenvalue weighted by Crippen LogP contribution is 2.24. The van der Waals surface area contributed by atoms with Crippen LogP contribution in [0.3, 0.4) is 0 Å². The number of rotatable bonds is 5. The van der Waals surface area contributed by atoms with E-state index in [2.05, 4.69) is 15.4 Å². The van der Waals surface area contributed by atoms with Gasteiger partial charge in [0.05, 0.1) is 4.90 Å². The van der Waals surface area contributed by atoms with E-state index in [0.717, 1.165) is 5.56 Å². The number of amides is 2. The predicted octanol–water partition coefficient (Wildman–Crippen LogP) is 5.40. The van der Waals surface area contributed by atoms with E-state index in [0.29, 0.717) is 27.6 Å². The van der Waals surface area contributed by atoms with Crippen molar-refractivity contribution in [1.82, 2.24) is 0 Å². The summed E-state index contributed by atoms with van der Waals surface area (Å²) in [6.45, 7) is 3.64. The molecule has 2 amide bonds. The molecule has 0 aromatic heterocycles. The van der Waals surface area contributed by atoms with Crippen LogP contribution < -0.4 is 15.4 Å². The zero-order valence-electron chi connectivity index (χ0n) is 15.9. The highest BCUT2D eigenvalue weighted by atomic mass is 35.5. The van der Waals surface area contributed by atoms with Crippen LogP contribution in [0, 0.1) is 13.8 Å². The molecule has 3 aromatic rings. The lowest BCUT2D eigenvalue weighted by molar-refractivity contribution is 0.262. The molecule has 0 saturated carbocycles. The highest BCUT2D eigenvalue weighted by molar-refractivity contribution is 7.92. The molecule has 8 heteroatoms. The summed E-state index contributed by atoms with van der Waals surface area (Å²) in [5, 5.41) is 5.87. The second-order valence-corrected chi connectivity index (χ2v) is 8.63. The first kappa shape index (κ1) is 20.7. The molecule has 0 bridgehead atoms. The molecule has 3 aromatic carbocycles. The zero-order chi connectivity index (χ0) is 21.0. The van der Waals surface area contributed by atoms with Gasteiger partial charge in [-0.05, 0) is 67.9 Å². The van der Waals surface area contributed by atoms with E-state index in [9.17, 15) is 13.2 Å². The van der Waals surface area contributed by atoms with Crippen molar-refractivity contribution in [1.29, 1.82) is 0 Å². The molecule has 150 valence electrons. The van der Waals surface area contributed by atoms with Crippen LogP contribution in [0.4, 0.5) is 21.9 Å². The number of aryl methyl sites for hydroxylation is 2. The van der Waals surface area contributed by atoms with Crippen molar-refractivity contribution in [3.05, 3.63) is 82.9 Å². The fourth-order valence-corrected chi connectivity index (χ4v) is 4.08. The smallest absolute Gasteiger partial charge is 0.308 e.